The van der Waals surface area contributed by atoms with E-state index in [2.05, 4.69) is 9.46 Å². The van der Waals surface area contributed by atoms with Crippen LogP contribution < -0.4 is 10.5 Å². The number of ether oxygens (including phenoxy) is 1. The number of carbonyl (C=O) groups excluding carboxylic acids is 1. The molecule has 1 aromatic carbocycles. The first-order chi connectivity index (χ1) is 9.27. The second kappa shape index (κ2) is 8.55. The molecule has 0 amide bonds. The minimum atomic E-state index is -3.73. The maximum Gasteiger partial charge on any atom is 0.337 e. The molecule has 3 N–H and O–H groups in total. The predicted octanol–water partition coefficient (Wildman–Crippen LogP) is 1.56. The Hall–Kier alpha value is -0.860. The highest BCUT2D eigenvalue weighted by Crippen LogP contribution is 2.22. The Morgan fingerprint density at radius 2 is 2.10 bits per heavy atom. The van der Waals surface area contributed by atoms with Gasteiger partial charge in [-0.1, -0.05) is 11.6 Å². The number of sulfonamides is 1. The number of methoxy groups -OCH3 is 1. The Morgan fingerprint density at radius 1 is 1.48 bits per heavy atom. The van der Waals surface area contributed by atoms with Gasteiger partial charge in [-0.15, -0.1) is 12.4 Å². The van der Waals surface area contributed by atoms with Crippen molar-refractivity contribution in [3.63, 3.8) is 0 Å². The Bertz CT molecular complexity index is 591. The lowest BCUT2D eigenvalue weighted by Gasteiger charge is -2.10. The van der Waals surface area contributed by atoms with Crippen molar-refractivity contribution in [2.75, 3.05) is 13.7 Å². The van der Waals surface area contributed by atoms with Crippen LogP contribution in [-0.4, -0.2) is 34.1 Å². The number of esters is 1. The van der Waals surface area contributed by atoms with Crippen molar-refractivity contribution in [3.8, 4) is 0 Å². The Balaban J connectivity index is 0.00000400. The van der Waals surface area contributed by atoms with Gasteiger partial charge in [0.15, 0.2) is 0 Å². The second-order valence-electron chi connectivity index (χ2n) is 4.30. The zero-order valence-corrected chi connectivity index (χ0v) is 14.0. The van der Waals surface area contributed by atoms with Crippen LogP contribution in [0.15, 0.2) is 23.1 Å². The van der Waals surface area contributed by atoms with Crippen LogP contribution in [0.5, 0.6) is 0 Å². The molecule has 120 valence electrons. The molecule has 1 aromatic rings. The van der Waals surface area contributed by atoms with E-state index in [1.54, 1.807) is 6.92 Å². The molecule has 0 heterocycles. The number of rotatable bonds is 6. The zero-order chi connectivity index (χ0) is 15.3. The van der Waals surface area contributed by atoms with Crippen molar-refractivity contribution in [3.05, 3.63) is 28.8 Å². The van der Waals surface area contributed by atoms with E-state index in [0.29, 0.717) is 6.42 Å². The maximum atomic E-state index is 12.0. The summed E-state index contributed by atoms with van der Waals surface area (Å²) < 4.78 is 31.0. The first kappa shape index (κ1) is 20.1. The van der Waals surface area contributed by atoms with Crippen LogP contribution in [-0.2, 0) is 14.8 Å². The van der Waals surface area contributed by atoms with Gasteiger partial charge in [0.1, 0.15) is 4.90 Å². The normalized spacial score (nSPS) is 12.4. The van der Waals surface area contributed by atoms with E-state index < -0.39 is 16.0 Å². The van der Waals surface area contributed by atoms with Crippen LogP contribution in [0, 0.1) is 0 Å². The molecule has 0 fully saturated rings. The minimum Gasteiger partial charge on any atom is -0.465 e. The van der Waals surface area contributed by atoms with Crippen molar-refractivity contribution in [2.45, 2.75) is 24.3 Å². The van der Waals surface area contributed by atoms with Gasteiger partial charge in [0.2, 0.25) is 10.0 Å². The minimum absolute atomic E-state index is 0. The third kappa shape index (κ3) is 5.80. The summed E-state index contributed by atoms with van der Waals surface area (Å²) in [6.07, 6.45) is 0.511. The van der Waals surface area contributed by atoms with Gasteiger partial charge in [-0.25, -0.2) is 17.9 Å². The number of carbonyl (C=O) groups is 1. The average molecular weight is 357 g/mol. The molecule has 0 aromatic heterocycles. The third-order valence-electron chi connectivity index (χ3n) is 2.53. The number of benzene rings is 1. The summed E-state index contributed by atoms with van der Waals surface area (Å²) in [5.41, 5.74) is 5.73. The SMILES string of the molecule is COC(=O)c1ccc(S(=O)(=O)NCCC(C)N)c(Cl)c1.Cl. The first-order valence-corrected chi connectivity index (χ1v) is 7.77. The standard InChI is InChI=1S/C12H17ClN2O4S.ClH/c1-8(14)5-6-15-20(17,18)11-4-3-9(7-10(11)13)12(16)19-2;/h3-4,7-8,15H,5-6,14H2,1-2H3;1H. The molecule has 0 saturated carbocycles. The molecule has 21 heavy (non-hydrogen) atoms. The molecule has 0 aliphatic carbocycles. The Labute approximate surface area is 135 Å². The third-order valence-corrected chi connectivity index (χ3v) is 4.48. The monoisotopic (exact) mass is 356 g/mol. The van der Waals surface area contributed by atoms with Gasteiger partial charge >= 0.3 is 5.97 Å². The summed E-state index contributed by atoms with van der Waals surface area (Å²) in [4.78, 5) is 11.2. The quantitative estimate of drug-likeness (QED) is 0.753. The molecule has 1 atom stereocenters. The van der Waals surface area contributed by atoms with Gasteiger partial charge in [-0.05, 0) is 31.5 Å². The maximum absolute atomic E-state index is 12.0. The van der Waals surface area contributed by atoms with Crippen molar-refractivity contribution in [1.29, 1.82) is 0 Å². The van der Waals surface area contributed by atoms with E-state index in [1.165, 1.54) is 25.3 Å². The van der Waals surface area contributed by atoms with Gasteiger partial charge in [0.05, 0.1) is 17.7 Å². The fourth-order valence-electron chi connectivity index (χ4n) is 1.46. The van der Waals surface area contributed by atoms with Gasteiger partial charge in [0, 0.05) is 12.6 Å². The summed E-state index contributed by atoms with van der Waals surface area (Å²) in [5.74, 6) is -0.583. The van der Waals surface area contributed by atoms with Crippen LogP contribution in [0.1, 0.15) is 23.7 Å². The smallest absolute Gasteiger partial charge is 0.337 e. The van der Waals surface area contributed by atoms with Gasteiger partial charge in [-0.3, -0.25) is 0 Å². The molecule has 6 nitrogen and oxygen atoms in total. The van der Waals surface area contributed by atoms with E-state index in [-0.39, 0.29) is 40.5 Å². The van der Waals surface area contributed by atoms with E-state index in [9.17, 15) is 13.2 Å². The molecule has 0 saturated heterocycles. The van der Waals surface area contributed by atoms with Gasteiger partial charge in [0.25, 0.3) is 0 Å². The lowest BCUT2D eigenvalue weighted by atomic mass is 10.2. The van der Waals surface area contributed by atoms with Crippen LogP contribution in [0.2, 0.25) is 5.02 Å². The van der Waals surface area contributed by atoms with Crippen molar-refractivity contribution in [2.24, 2.45) is 5.73 Å². The largest absolute Gasteiger partial charge is 0.465 e. The lowest BCUT2D eigenvalue weighted by Crippen LogP contribution is -2.29. The van der Waals surface area contributed by atoms with Crippen LogP contribution >= 0.6 is 24.0 Å². The van der Waals surface area contributed by atoms with Crippen LogP contribution in [0.4, 0.5) is 0 Å². The lowest BCUT2D eigenvalue weighted by molar-refractivity contribution is 0.0600. The number of hydrogen-bond acceptors (Lipinski definition) is 5. The van der Waals surface area contributed by atoms with Gasteiger partial charge in [-0.2, -0.15) is 0 Å². The van der Waals surface area contributed by atoms with E-state index in [4.69, 9.17) is 17.3 Å². The molecule has 0 aliphatic rings. The summed E-state index contributed by atoms with van der Waals surface area (Å²) in [7, 11) is -2.49. The highest BCUT2D eigenvalue weighted by atomic mass is 35.5. The molecule has 9 heteroatoms. The van der Waals surface area contributed by atoms with Crippen LogP contribution in [0.25, 0.3) is 0 Å². The molecule has 0 bridgehead atoms. The first-order valence-electron chi connectivity index (χ1n) is 5.91. The Morgan fingerprint density at radius 3 is 2.57 bits per heavy atom. The molecule has 0 aliphatic heterocycles. The van der Waals surface area contributed by atoms with Crippen molar-refractivity contribution < 1.29 is 17.9 Å². The Kier molecular flexibility index (Phi) is 8.20. The van der Waals surface area contributed by atoms with E-state index >= 15 is 0 Å². The topological polar surface area (TPSA) is 98.5 Å². The molecular formula is C12H18Cl2N2O4S. The van der Waals surface area contributed by atoms with Crippen molar-refractivity contribution >= 4 is 40.0 Å². The van der Waals surface area contributed by atoms with Crippen molar-refractivity contribution in [1.82, 2.24) is 4.72 Å². The molecular weight excluding hydrogens is 339 g/mol. The fourth-order valence-corrected chi connectivity index (χ4v) is 3.05. The summed E-state index contributed by atoms with van der Waals surface area (Å²) in [5, 5.41) is -0.0406. The second-order valence-corrected chi connectivity index (χ2v) is 6.44. The number of hydrogen-bond donors (Lipinski definition) is 2. The average Bonchev–Trinajstić information content (AvgIpc) is 2.36. The van der Waals surface area contributed by atoms with E-state index in [0.717, 1.165) is 0 Å². The van der Waals surface area contributed by atoms with Gasteiger partial charge < -0.3 is 10.5 Å². The number of nitrogens with one attached hydrogen (secondary N) is 1. The van der Waals surface area contributed by atoms with E-state index in [1.807, 2.05) is 0 Å². The fraction of sp³-hybridized carbons (Fsp3) is 0.417. The number of nitrogens with two attached hydrogens (primary N) is 1. The summed E-state index contributed by atoms with van der Waals surface area (Å²) >= 11 is 5.90. The molecule has 0 spiro atoms. The molecule has 0 radical (unpaired) electrons. The van der Waals surface area contributed by atoms with Crippen LogP contribution in [0.3, 0.4) is 0 Å². The highest BCUT2D eigenvalue weighted by molar-refractivity contribution is 7.89. The number of halogens is 2. The predicted molar refractivity (Wildman–Crippen MR) is 83.5 cm³/mol. The summed E-state index contributed by atoms with van der Waals surface area (Å²) in [6.45, 7) is 2.00. The highest BCUT2D eigenvalue weighted by Gasteiger charge is 2.19. The molecule has 1 unspecified atom stereocenters. The summed E-state index contributed by atoms with van der Waals surface area (Å²) in [6, 6.07) is 3.77. The zero-order valence-electron chi connectivity index (χ0n) is 11.6. The molecule has 1 rings (SSSR count).